The highest BCUT2D eigenvalue weighted by atomic mass is 16.6. The maximum Gasteiger partial charge on any atom is 0.413 e. The van der Waals surface area contributed by atoms with Crippen LogP contribution in [0.1, 0.15) is 11.1 Å². The van der Waals surface area contributed by atoms with Crippen LogP contribution in [0.15, 0.2) is 280 Å². The maximum atomic E-state index is 12.4. The number of rotatable bonds is 8. The van der Waals surface area contributed by atoms with Gasteiger partial charge in [-0.1, -0.05) is 78.5 Å². The fraction of sp³-hybridized carbons (Fsp3) is 0.0357. The van der Waals surface area contributed by atoms with Crippen LogP contribution in [0.3, 0.4) is 0 Å². The number of ether oxygens (including phenoxy) is 2. The second-order valence-electron chi connectivity index (χ2n) is 9.75. The lowest BCUT2D eigenvalue weighted by Crippen LogP contribution is -2.35. The summed E-state index contributed by atoms with van der Waals surface area (Å²) in [5.74, 6) is -0.215. The van der Waals surface area contributed by atoms with Crippen LogP contribution in [-0.2, 0) is 9.47 Å². The van der Waals surface area contributed by atoms with Gasteiger partial charge in [-0.25, -0.2) is 9.59 Å². The largest absolute Gasteiger partial charge is 0.445 e. The SMILES string of the molecule is C=C=C=C=C=C=C=C=C=C=C=C=C=C=C=C=C=C=C=C=C=C=C=C=C=C=C=C=C=C=C=C=C=C=C=C(NC(=O)OC/C=C/c1ccccc1)NC(=O)OC/C=C/c1ccccc1. The van der Waals surface area contributed by atoms with E-state index < -0.39 is 12.2 Å². The number of nitrogens with one attached hydrogen (secondary N) is 2. The first-order valence-electron chi connectivity index (χ1n) is 17.1. The summed E-state index contributed by atoms with van der Waals surface area (Å²) in [5.41, 5.74) is 86.4. The van der Waals surface area contributed by atoms with Crippen LogP contribution in [0, 0.1) is 0 Å². The molecule has 2 N–H and O–H groups in total. The highest BCUT2D eigenvalue weighted by molar-refractivity contribution is 5.74. The molecule has 2 amide bonds. The fourth-order valence-corrected chi connectivity index (χ4v) is 3.19. The van der Waals surface area contributed by atoms with E-state index in [4.69, 9.17) is 9.47 Å². The van der Waals surface area contributed by atoms with Gasteiger partial charge < -0.3 is 9.47 Å². The lowest BCUT2D eigenvalue weighted by atomic mass is 10.2. The Morgan fingerprint density at radius 1 is 0.403 bits per heavy atom. The predicted molar refractivity (Wildman–Crippen MR) is 229 cm³/mol. The normalized spacial score (nSPS) is 6.97. The van der Waals surface area contributed by atoms with E-state index in [0.29, 0.717) is 0 Å². The number of benzene rings is 2. The summed E-state index contributed by atoms with van der Waals surface area (Å²) >= 11 is 0. The van der Waals surface area contributed by atoms with Gasteiger partial charge in [-0.05, 0) is 127 Å². The quantitative estimate of drug-likeness (QED) is 0.262. The number of carbonyl (C=O) groups is 2. The standard InChI is InChI=1S/C56H22N2O4/c1-2-3-4-5-6-7-8-9-10-11-12-13-14-15-16-17-18-19-20-21-22-23-24-25-26-27-28-29-30-31-32-33-40-49-54(57-55(59)61-50-41-47-52-43-36-34-37-44-52)58-56(60)62-51-42-48-53-45-38-35-39-46-53/h34-39,41-48H,1,50-51H2,(H,57,59)(H,58,60)/b47-41+,48-42+. The summed E-state index contributed by atoms with van der Waals surface area (Å²) in [6.07, 6.45) is 5.19. The van der Waals surface area contributed by atoms with Gasteiger partial charge in [0.1, 0.15) is 13.2 Å². The van der Waals surface area contributed by atoms with E-state index in [1.165, 1.54) is 0 Å². The van der Waals surface area contributed by atoms with E-state index in [1.807, 2.05) is 60.7 Å². The minimum Gasteiger partial charge on any atom is -0.445 e. The van der Waals surface area contributed by atoms with E-state index >= 15 is 0 Å². The Balaban J connectivity index is 2.25. The van der Waals surface area contributed by atoms with E-state index in [9.17, 15) is 9.59 Å². The second kappa shape index (κ2) is 35.4. The van der Waals surface area contributed by atoms with E-state index in [0.717, 1.165) is 11.1 Å². The minimum absolute atomic E-state index is 0.0292. The Bertz CT molecular complexity index is 3440. The average Bonchev–Trinajstić information content (AvgIpc) is 3.29. The van der Waals surface area contributed by atoms with E-state index in [-0.39, 0.29) is 19.0 Å². The van der Waals surface area contributed by atoms with Crippen LogP contribution in [0.5, 0.6) is 0 Å². The van der Waals surface area contributed by atoms with Crippen molar-refractivity contribution in [1.82, 2.24) is 10.6 Å². The van der Waals surface area contributed by atoms with Gasteiger partial charge in [0.05, 0.1) is 0 Å². The average molecular weight is 787 g/mol. The first-order valence-corrected chi connectivity index (χ1v) is 17.1. The molecule has 0 saturated carbocycles. The topological polar surface area (TPSA) is 76.7 Å². The number of alkyl carbamates (subject to hydrolysis) is 2. The van der Waals surface area contributed by atoms with Crippen LogP contribution in [0.4, 0.5) is 9.59 Å². The summed E-state index contributed by atoms with van der Waals surface area (Å²) in [4.78, 5) is 24.7. The molecule has 0 spiro atoms. The molecule has 62 heavy (non-hydrogen) atoms. The molecule has 2 rings (SSSR count). The van der Waals surface area contributed by atoms with Crippen LogP contribution in [-0.4, -0.2) is 25.4 Å². The Labute approximate surface area is 357 Å². The molecule has 0 saturated heterocycles. The highest BCUT2D eigenvalue weighted by Gasteiger charge is 2.09. The molecule has 0 aliphatic carbocycles. The zero-order valence-corrected chi connectivity index (χ0v) is 32.3. The van der Waals surface area contributed by atoms with Gasteiger partial charge in [-0.15, -0.1) is 0 Å². The molecular weight excluding hydrogens is 765 g/mol. The van der Waals surface area contributed by atoms with Gasteiger partial charge in [-0.2, -0.15) is 0 Å². The summed E-state index contributed by atoms with van der Waals surface area (Å²) in [6, 6.07) is 18.9. The molecule has 0 aliphatic heterocycles. The molecule has 0 radical (unpaired) electrons. The third-order valence-corrected chi connectivity index (χ3v) is 5.51. The minimum atomic E-state index is -0.862. The Morgan fingerprint density at radius 3 is 0.935 bits per heavy atom. The summed E-state index contributed by atoms with van der Waals surface area (Å²) in [7, 11) is 0. The van der Waals surface area contributed by atoms with Crippen LogP contribution >= 0.6 is 0 Å². The van der Waals surface area contributed by atoms with Gasteiger partial charge in [0.15, 0.2) is 5.82 Å². The molecule has 6 heteroatoms. The second-order valence-corrected chi connectivity index (χ2v) is 9.75. The molecule has 6 nitrogen and oxygen atoms in total. The molecule has 0 unspecified atom stereocenters. The molecule has 0 aromatic heterocycles. The molecule has 0 heterocycles. The summed E-state index contributed by atoms with van der Waals surface area (Å²) in [6.45, 7) is 3.26. The molecular formula is C56H22N2O4. The zero-order valence-electron chi connectivity index (χ0n) is 32.3. The Hall–Kier alpha value is -11.3. The highest BCUT2D eigenvalue weighted by Crippen LogP contribution is 2.02. The van der Waals surface area contributed by atoms with Gasteiger partial charge in [0.25, 0.3) is 0 Å². The van der Waals surface area contributed by atoms with Crippen molar-refractivity contribution in [3.63, 3.8) is 0 Å². The van der Waals surface area contributed by atoms with Crippen molar-refractivity contribution in [2.45, 2.75) is 0 Å². The Kier molecular flexibility index (Phi) is 26.8. The van der Waals surface area contributed by atoms with Crippen molar-refractivity contribution in [2.75, 3.05) is 13.2 Å². The first kappa shape index (κ1) is 46.9. The summed E-state index contributed by atoms with van der Waals surface area (Å²) in [5, 5.41) is 4.72. The third kappa shape index (κ3) is 29.1. The fourth-order valence-electron chi connectivity index (χ4n) is 3.19. The van der Waals surface area contributed by atoms with Gasteiger partial charge >= 0.3 is 12.2 Å². The van der Waals surface area contributed by atoms with Gasteiger partial charge in [0.2, 0.25) is 0 Å². The predicted octanol–water partition coefficient (Wildman–Crippen LogP) is 9.61. The number of amides is 2. The lowest BCUT2D eigenvalue weighted by molar-refractivity contribution is 0.155. The van der Waals surface area contributed by atoms with Crippen molar-refractivity contribution in [3.05, 3.63) is 291 Å². The maximum absolute atomic E-state index is 12.4. The Morgan fingerprint density at radius 2 is 0.661 bits per heavy atom. The van der Waals surface area contributed by atoms with Gasteiger partial charge in [-0.3, -0.25) is 10.6 Å². The summed E-state index contributed by atoms with van der Waals surface area (Å²) < 4.78 is 10.3. The molecule has 0 aliphatic rings. The molecule has 0 atom stereocenters. The van der Waals surface area contributed by atoms with Crippen molar-refractivity contribution in [3.8, 4) is 0 Å². The number of carbonyl (C=O) groups excluding carboxylic acids is 2. The molecule has 0 bridgehead atoms. The van der Waals surface area contributed by atoms with Crippen LogP contribution in [0.2, 0.25) is 0 Å². The first-order chi connectivity index (χ1) is 30.7. The molecule has 2 aromatic rings. The van der Waals surface area contributed by atoms with Crippen molar-refractivity contribution >= 4 is 24.3 Å². The lowest BCUT2D eigenvalue weighted by Gasteiger charge is -2.09. The van der Waals surface area contributed by atoms with Crippen LogP contribution < -0.4 is 10.6 Å². The molecule has 2 aromatic carbocycles. The van der Waals surface area contributed by atoms with E-state index in [1.54, 1.807) is 24.3 Å². The van der Waals surface area contributed by atoms with E-state index in [2.05, 4.69) is 212 Å². The monoisotopic (exact) mass is 786 g/mol. The van der Waals surface area contributed by atoms with Crippen molar-refractivity contribution < 1.29 is 19.1 Å². The molecule has 0 fully saturated rings. The van der Waals surface area contributed by atoms with Crippen molar-refractivity contribution in [1.29, 1.82) is 0 Å². The smallest absolute Gasteiger partial charge is 0.413 e. The molecule has 280 valence electrons. The zero-order chi connectivity index (χ0) is 44.1. The number of hydrogen-bond donors (Lipinski definition) is 2. The third-order valence-electron chi connectivity index (χ3n) is 5.51. The van der Waals surface area contributed by atoms with Crippen molar-refractivity contribution in [2.24, 2.45) is 0 Å². The van der Waals surface area contributed by atoms with Gasteiger partial charge in [0, 0.05) is 91.7 Å². The number of hydrogen-bond acceptors (Lipinski definition) is 4. The van der Waals surface area contributed by atoms with Crippen LogP contribution in [0.25, 0.3) is 12.2 Å².